The number of benzene rings is 3. The van der Waals surface area contributed by atoms with Gasteiger partial charge in [-0.15, -0.1) is 0 Å². The molecule has 1 N–H and O–H groups in total. The summed E-state index contributed by atoms with van der Waals surface area (Å²) in [7, 11) is 4.38. The lowest BCUT2D eigenvalue weighted by Crippen LogP contribution is -2.24. The Morgan fingerprint density at radius 2 is 1.56 bits per heavy atom. The molecule has 0 fully saturated rings. The highest BCUT2D eigenvalue weighted by molar-refractivity contribution is 6.35. The fourth-order valence-electron chi connectivity index (χ4n) is 2.93. The minimum Gasteiger partial charge on any atom is -0.493 e. The highest BCUT2D eigenvalue weighted by atomic mass is 35.5. The number of rotatable bonds is 10. The average molecular weight is 533 g/mol. The molecule has 0 aliphatic carbocycles. The number of amides is 1. The number of hydrazone groups is 1. The zero-order chi connectivity index (χ0) is 26.1. The molecule has 0 atom stereocenters. The Kier molecular flexibility index (Phi) is 9.38. The summed E-state index contributed by atoms with van der Waals surface area (Å²) in [4.78, 5) is 24.5. The van der Waals surface area contributed by atoms with Crippen LogP contribution in [-0.2, 0) is 4.79 Å². The number of halogens is 2. The molecular weight excluding hydrogens is 511 g/mol. The van der Waals surface area contributed by atoms with Gasteiger partial charge in [-0.2, -0.15) is 5.10 Å². The number of nitrogens with zero attached hydrogens (tertiary/aromatic N) is 1. The fourth-order valence-corrected chi connectivity index (χ4v) is 3.40. The van der Waals surface area contributed by atoms with Gasteiger partial charge < -0.3 is 23.7 Å². The van der Waals surface area contributed by atoms with E-state index < -0.39 is 11.9 Å². The van der Waals surface area contributed by atoms with Crippen molar-refractivity contribution in [3.05, 3.63) is 75.8 Å². The number of nitrogens with one attached hydrogen (secondary N) is 1. The van der Waals surface area contributed by atoms with Crippen molar-refractivity contribution in [1.29, 1.82) is 0 Å². The van der Waals surface area contributed by atoms with E-state index in [4.69, 9.17) is 46.9 Å². The number of ether oxygens (including phenoxy) is 5. The number of carbonyl (C=O) groups excluding carboxylic acids is 2. The first kappa shape index (κ1) is 26.7. The van der Waals surface area contributed by atoms with Crippen LogP contribution in [0.4, 0.5) is 0 Å². The van der Waals surface area contributed by atoms with Crippen LogP contribution in [-0.4, -0.2) is 46.0 Å². The summed E-state index contributed by atoms with van der Waals surface area (Å²) in [6.45, 7) is -0.283. The molecule has 0 aliphatic heterocycles. The molecular formula is C25H22Cl2N2O7. The fraction of sp³-hybridized carbons (Fsp3) is 0.160. The normalized spacial score (nSPS) is 10.6. The number of carbonyl (C=O) groups is 2. The molecule has 3 rings (SSSR count). The number of hydrogen-bond acceptors (Lipinski definition) is 8. The van der Waals surface area contributed by atoms with Gasteiger partial charge in [-0.25, -0.2) is 10.2 Å². The van der Waals surface area contributed by atoms with Gasteiger partial charge in [-0.05, 0) is 60.2 Å². The van der Waals surface area contributed by atoms with Crippen LogP contribution < -0.4 is 29.1 Å². The van der Waals surface area contributed by atoms with Gasteiger partial charge in [-0.1, -0.05) is 23.2 Å². The molecule has 0 saturated heterocycles. The molecule has 188 valence electrons. The van der Waals surface area contributed by atoms with Crippen LogP contribution >= 0.6 is 23.2 Å². The molecule has 0 saturated carbocycles. The van der Waals surface area contributed by atoms with Gasteiger partial charge in [0.05, 0.1) is 38.1 Å². The Hall–Kier alpha value is -3.95. The lowest BCUT2D eigenvalue weighted by atomic mass is 10.2. The van der Waals surface area contributed by atoms with Gasteiger partial charge in [0, 0.05) is 5.02 Å². The largest absolute Gasteiger partial charge is 0.493 e. The van der Waals surface area contributed by atoms with Gasteiger partial charge in [0.25, 0.3) is 5.91 Å². The summed E-state index contributed by atoms with van der Waals surface area (Å²) in [5, 5.41) is 4.63. The molecule has 36 heavy (non-hydrogen) atoms. The molecule has 3 aromatic rings. The second-order valence-corrected chi connectivity index (χ2v) is 7.87. The van der Waals surface area contributed by atoms with Crippen LogP contribution in [0.1, 0.15) is 15.9 Å². The minimum atomic E-state index is -0.608. The highest BCUT2D eigenvalue weighted by Gasteiger charge is 2.18. The van der Waals surface area contributed by atoms with Crippen molar-refractivity contribution in [3.8, 4) is 28.7 Å². The maximum absolute atomic E-state index is 12.6. The quantitative estimate of drug-likeness (QED) is 0.173. The molecule has 0 aromatic heterocycles. The van der Waals surface area contributed by atoms with Crippen LogP contribution in [0.2, 0.25) is 10.0 Å². The van der Waals surface area contributed by atoms with Crippen LogP contribution in [0.25, 0.3) is 0 Å². The average Bonchev–Trinajstić information content (AvgIpc) is 2.88. The van der Waals surface area contributed by atoms with Gasteiger partial charge >= 0.3 is 5.97 Å². The van der Waals surface area contributed by atoms with Crippen LogP contribution in [0, 0.1) is 0 Å². The van der Waals surface area contributed by atoms with Crippen molar-refractivity contribution < 1.29 is 33.3 Å². The highest BCUT2D eigenvalue weighted by Crippen LogP contribution is 2.38. The van der Waals surface area contributed by atoms with E-state index in [1.807, 2.05) is 0 Å². The molecule has 0 unspecified atom stereocenters. The van der Waals surface area contributed by atoms with Crippen LogP contribution in [0.15, 0.2) is 59.7 Å². The van der Waals surface area contributed by atoms with Crippen molar-refractivity contribution in [1.82, 2.24) is 5.43 Å². The first-order chi connectivity index (χ1) is 17.3. The van der Waals surface area contributed by atoms with Crippen LogP contribution in [0.3, 0.4) is 0 Å². The summed E-state index contributed by atoms with van der Waals surface area (Å²) >= 11 is 11.8. The zero-order valence-electron chi connectivity index (χ0n) is 19.5. The lowest BCUT2D eigenvalue weighted by molar-refractivity contribution is -0.123. The van der Waals surface area contributed by atoms with Gasteiger partial charge in [0.2, 0.25) is 5.75 Å². The Morgan fingerprint density at radius 3 is 2.14 bits per heavy atom. The summed E-state index contributed by atoms with van der Waals surface area (Å²) in [6, 6.07) is 14.2. The zero-order valence-corrected chi connectivity index (χ0v) is 21.1. The molecule has 0 heterocycles. The first-order valence-corrected chi connectivity index (χ1v) is 11.1. The summed E-state index contributed by atoms with van der Waals surface area (Å²) in [5.74, 6) is 0.586. The second-order valence-electron chi connectivity index (χ2n) is 7.03. The number of esters is 1. The van der Waals surface area contributed by atoms with E-state index in [9.17, 15) is 9.59 Å². The van der Waals surface area contributed by atoms with Crippen molar-refractivity contribution in [2.45, 2.75) is 0 Å². The molecule has 1 amide bonds. The van der Waals surface area contributed by atoms with E-state index in [-0.39, 0.29) is 12.2 Å². The van der Waals surface area contributed by atoms with Crippen molar-refractivity contribution in [3.63, 3.8) is 0 Å². The van der Waals surface area contributed by atoms with Gasteiger partial charge in [0.15, 0.2) is 18.1 Å². The Labute approximate surface area is 217 Å². The van der Waals surface area contributed by atoms with E-state index in [2.05, 4.69) is 10.5 Å². The van der Waals surface area contributed by atoms with E-state index in [0.717, 1.165) is 0 Å². The third-order valence-corrected chi connectivity index (χ3v) is 5.18. The molecule has 11 heteroatoms. The smallest absolute Gasteiger partial charge is 0.343 e. The minimum absolute atomic E-state index is 0.222. The lowest BCUT2D eigenvalue weighted by Gasteiger charge is -2.13. The van der Waals surface area contributed by atoms with Crippen LogP contribution in [0.5, 0.6) is 28.7 Å². The predicted octanol–water partition coefficient (Wildman–Crippen LogP) is 4.77. The molecule has 9 nitrogen and oxygen atoms in total. The number of methoxy groups -OCH3 is 3. The van der Waals surface area contributed by atoms with Crippen molar-refractivity contribution in [2.75, 3.05) is 27.9 Å². The van der Waals surface area contributed by atoms with E-state index >= 15 is 0 Å². The standard InChI is InChI=1S/C25H22Cl2N2O7/c1-32-21-10-16(11-22(33-2)24(21)34-3)25(31)36-18-7-4-15(5-8-18)13-28-29-23(30)14-35-20-9-6-17(26)12-19(20)27/h4-13H,14H2,1-3H3,(H,29,30)/b28-13-. The Balaban J connectivity index is 1.54. The van der Waals surface area contributed by atoms with Gasteiger partial charge in [0.1, 0.15) is 11.5 Å². The van der Waals surface area contributed by atoms with E-state index in [1.54, 1.807) is 36.4 Å². The predicted molar refractivity (Wildman–Crippen MR) is 135 cm³/mol. The van der Waals surface area contributed by atoms with Crippen molar-refractivity contribution in [2.24, 2.45) is 5.10 Å². The molecule has 0 radical (unpaired) electrons. The van der Waals surface area contributed by atoms with E-state index in [0.29, 0.717) is 44.4 Å². The topological polar surface area (TPSA) is 105 Å². The summed E-state index contributed by atoms with van der Waals surface area (Å²) in [5.41, 5.74) is 3.23. The maximum Gasteiger partial charge on any atom is 0.343 e. The second kappa shape index (κ2) is 12.7. The molecule has 3 aromatic carbocycles. The van der Waals surface area contributed by atoms with E-state index in [1.165, 1.54) is 45.7 Å². The Morgan fingerprint density at radius 1 is 0.889 bits per heavy atom. The monoisotopic (exact) mass is 532 g/mol. The Bertz CT molecular complexity index is 1240. The van der Waals surface area contributed by atoms with Crippen molar-refractivity contribution >= 4 is 41.3 Å². The maximum atomic E-state index is 12.6. The number of hydrogen-bond donors (Lipinski definition) is 1. The molecule has 0 aliphatic rings. The summed E-state index contributed by atoms with van der Waals surface area (Å²) in [6.07, 6.45) is 1.43. The first-order valence-electron chi connectivity index (χ1n) is 10.4. The van der Waals surface area contributed by atoms with Gasteiger partial charge in [-0.3, -0.25) is 4.79 Å². The summed E-state index contributed by atoms with van der Waals surface area (Å²) < 4.78 is 26.5. The molecule has 0 spiro atoms. The SMILES string of the molecule is COc1cc(C(=O)Oc2ccc(/C=N\NC(=O)COc3ccc(Cl)cc3Cl)cc2)cc(OC)c1OC. The third-order valence-electron chi connectivity index (χ3n) is 4.65. The third kappa shape index (κ3) is 7.03. The molecule has 0 bridgehead atoms.